The SMILES string of the molecule is CS(=O)(=O)c1cccc(NC(=O)c2cccc(N)c2Br)c1. The van der Waals surface area contributed by atoms with Gasteiger partial charge in [0.1, 0.15) is 0 Å². The van der Waals surface area contributed by atoms with Crippen LogP contribution in [0.15, 0.2) is 51.8 Å². The van der Waals surface area contributed by atoms with Gasteiger partial charge in [0, 0.05) is 17.6 Å². The summed E-state index contributed by atoms with van der Waals surface area (Å²) in [7, 11) is -3.32. The lowest BCUT2D eigenvalue weighted by atomic mass is 10.2. The first-order valence-electron chi connectivity index (χ1n) is 5.94. The van der Waals surface area contributed by atoms with E-state index in [0.29, 0.717) is 21.4 Å². The van der Waals surface area contributed by atoms with Gasteiger partial charge in [0.25, 0.3) is 5.91 Å². The summed E-state index contributed by atoms with van der Waals surface area (Å²) in [6.07, 6.45) is 1.11. The largest absolute Gasteiger partial charge is 0.398 e. The van der Waals surface area contributed by atoms with Gasteiger partial charge in [0.15, 0.2) is 9.84 Å². The Kier molecular flexibility index (Phi) is 4.34. The zero-order valence-electron chi connectivity index (χ0n) is 11.1. The average Bonchev–Trinajstić information content (AvgIpc) is 2.41. The highest BCUT2D eigenvalue weighted by Gasteiger charge is 2.13. The molecule has 0 bridgehead atoms. The Morgan fingerprint density at radius 1 is 1.19 bits per heavy atom. The van der Waals surface area contributed by atoms with Crippen LogP contribution < -0.4 is 11.1 Å². The lowest BCUT2D eigenvalue weighted by molar-refractivity contribution is 0.102. The molecule has 0 fully saturated rings. The molecule has 2 aromatic carbocycles. The topological polar surface area (TPSA) is 89.3 Å². The van der Waals surface area contributed by atoms with Crippen LogP contribution in [0.3, 0.4) is 0 Å². The minimum atomic E-state index is -3.32. The summed E-state index contributed by atoms with van der Waals surface area (Å²) in [6, 6.07) is 11.0. The fraction of sp³-hybridized carbons (Fsp3) is 0.0714. The van der Waals surface area contributed by atoms with Gasteiger partial charge in [-0.25, -0.2) is 8.42 Å². The Hall–Kier alpha value is -1.86. The predicted molar refractivity (Wildman–Crippen MR) is 86.1 cm³/mol. The summed E-state index contributed by atoms with van der Waals surface area (Å²) in [5.41, 5.74) is 6.95. The monoisotopic (exact) mass is 368 g/mol. The van der Waals surface area contributed by atoms with Crippen molar-refractivity contribution in [2.24, 2.45) is 0 Å². The lowest BCUT2D eigenvalue weighted by Crippen LogP contribution is -2.13. The molecular formula is C14H13BrN2O3S. The second-order valence-electron chi connectivity index (χ2n) is 4.46. The minimum absolute atomic E-state index is 0.145. The molecule has 0 aliphatic rings. The summed E-state index contributed by atoms with van der Waals surface area (Å²) < 4.78 is 23.5. The van der Waals surface area contributed by atoms with Crippen molar-refractivity contribution in [2.75, 3.05) is 17.3 Å². The lowest BCUT2D eigenvalue weighted by Gasteiger charge is -2.09. The number of hydrogen-bond donors (Lipinski definition) is 2. The van der Waals surface area contributed by atoms with Crippen LogP contribution in [0.25, 0.3) is 0 Å². The van der Waals surface area contributed by atoms with Crippen LogP contribution in [0.4, 0.5) is 11.4 Å². The van der Waals surface area contributed by atoms with Gasteiger partial charge in [-0.15, -0.1) is 0 Å². The number of nitrogens with two attached hydrogens (primary N) is 1. The van der Waals surface area contributed by atoms with Crippen LogP contribution in [-0.2, 0) is 9.84 Å². The van der Waals surface area contributed by atoms with Crippen LogP contribution in [0, 0.1) is 0 Å². The van der Waals surface area contributed by atoms with Crippen molar-refractivity contribution in [3.8, 4) is 0 Å². The Morgan fingerprint density at radius 3 is 2.52 bits per heavy atom. The molecule has 2 rings (SSSR count). The number of nitrogens with one attached hydrogen (secondary N) is 1. The molecule has 2 aromatic rings. The quantitative estimate of drug-likeness (QED) is 0.815. The molecule has 5 nitrogen and oxygen atoms in total. The van der Waals surface area contributed by atoms with Crippen LogP contribution in [0.1, 0.15) is 10.4 Å². The molecular weight excluding hydrogens is 356 g/mol. The fourth-order valence-electron chi connectivity index (χ4n) is 1.73. The van der Waals surface area contributed by atoms with Crippen LogP contribution >= 0.6 is 15.9 Å². The highest BCUT2D eigenvalue weighted by Crippen LogP contribution is 2.25. The number of carbonyl (C=O) groups is 1. The first-order chi connectivity index (χ1) is 9.79. The van der Waals surface area contributed by atoms with Crippen molar-refractivity contribution in [1.29, 1.82) is 0 Å². The van der Waals surface area contributed by atoms with Crippen molar-refractivity contribution in [3.63, 3.8) is 0 Å². The van der Waals surface area contributed by atoms with Crippen molar-refractivity contribution in [1.82, 2.24) is 0 Å². The fourth-order valence-corrected chi connectivity index (χ4v) is 2.84. The van der Waals surface area contributed by atoms with Crippen molar-refractivity contribution in [3.05, 3.63) is 52.5 Å². The van der Waals surface area contributed by atoms with E-state index in [4.69, 9.17) is 5.73 Å². The molecule has 21 heavy (non-hydrogen) atoms. The highest BCUT2D eigenvalue weighted by atomic mass is 79.9. The third-order valence-electron chi connectivity index (χ3n) is 2.79. The van der Waals surface area contributed by atoms with Crippen molar-refractivity contribution in [2.45, 2.75) is 4.90 Å². The second kappa shape index (κ2) is 5.87. The summed E-state index contributed by atoms with van der Waals surface area (Å²) in [6.45, 7) is 0. The van der Waals surface area contributed by atoms with E-state index in [9.17, 15) is 13.2 Å². The van der Waals surface area contributed by atoms with E-state index in [2.05, 4.69) is 21.2 Å². The van der Waals surface area contributed by atoms with Crippen LogP contribution in [0.5, 0.6) is 0 Å². The number of anilines is 2. The van der Waals surface area contributed by atoms with Gasteiger partial charge in [-0.3, -0.25) is 4.79 Å². The molecule has 0 saturated carbocycles. The Bertz CT molecular complexity index is 804. The standard InChI is InChI=1S/C14H13BrN2O3S/c1-21(19,20)10-5-2-4-9(8-10)17-14(18)11-6-3-7-12(16)13(11)15/h2-8H,16H2,1H3,(H,17,18). The number of halogens is 1. The van der Waals surface area contributed by atoms with Crippen molar-refractivity contribution < 1.29 is 13.2 Å². The molecule has 0 radical (unpaired) electrons. The van der Waals surface area contributed by atoms with Gasteiger partial charge in [0.05, 0.1) is 14.9 Å². The first kappa shape index (κ1) is 15.5. The molecule has 0 atom stereocenters. The van der Waals surface area contributed by atoms with E-state index in [0.717, 1.165) is 6.26 Å². The second-order valence-corrected chi connectivity index (χ2v) is 7.27. The number of sulfone groups is 1. The van der Waals surface area contributed by atoms with E-state index < -0.39 is 9.84 Å². The van der Waals surface area contributed by atoms with Crippen LogP contribution in [0.2, 0.25) is 0 Å². The van der Waals surface area contributed by atoms with E-state index in [1.807, 2.05) is 0 Å². The molecule has 0 saturated heterocycles. The van der Waals surface area contributed by atoms with Crippen molar-refractivity contribution >= 4 is 43.0 Å². The van der Waals surface area contributed by atoms with Gasteiger partial charge < -0.3 is 11.1 Å². The minimum Gasteiger partial charge on any atom is -0.398 e. The van der Waals surface area contributed by atoms with Crippen LogP contribution in [-0.4, -0.2) is 20.6 Å². The summed E-state index contributed by atoms with van der Waals surface area (Å²) >= 11 is 3.26. The third kappa shape index (κ3) is 3.62. The van der Waals surface area contributed by atoms with Gasteiger partial charge in [-0.05, 0) is 46.3 Å². The molecule has 7 heteroatoms. The molecule has 1 amide bonds. The summed E-state index contributed by atoms with van der Waals surface area (Å²) in [4.78, 5) is 12.3. The molecule has 3 N–H and O–H groups in total. The molecule has 110 valence electrons. The third-order valence-corrected chi connectivity index (χ3v) is 4.79. The van der Waals surface area contributed by atoms with E-state index in [1.54, 1.807) is 30.3 Å². The maximum Gasteiger partial charge on any atom is 0.256 e. The number of benzene rings is 2. The average molecular weight is 369 g/mol. The Labute approximate surface area is 131 Å². The predicted octanol–water partition coefficient (Wildman–Crippen LogP) is 2.69. The molecule has 0 aliphatic carbocycles. The maximum absolute atomic E-state index is 12.2. The number of amides is 1. The number of rotatable bonds is 3. The molecule has 0 unspecified atom stereocenters. The zero-order valence-corrected chi connectivity index (χ0v) is 13.5. The van der Waals surface area contributed by atoms with E-state index in [1.165, 1.54) is 12.1 Å². The van der Waals surface area contributed by atoms with Gasteiger partial charge >= 0.3 is 0 Å². The first-order valence-corrected chi connectivity index (χ1v) is 8.63. The van der Waals surface area contributed by atoms with Gasteiger partial charge in [-0.1, -0.05) is 12.1 Å². The van der Waals surface area contributed by atoms with E-state index >= 15 is 0 Å². The smallest absolute Gasteiger partial charge is 0.256 e. The molecule has 0 aliphatic heterocycles. The molecule has 0 spiro atoms. The van der Waals surface area contributed by atoms with E-state index in [-0.39, 0.29) is 10.8 Å². The van der Waals surface area contributed by atoms with Gasteiger partial charge in [-0.2, -0.15) is 0 Å². The number of carbonyl (C=O) groups excluding carboxylic acids is 1. The number of hydrogen-bond acceptors (Lipinski definition) is 4. The summed E-state index contributed by atoms with van der Waals surface area (Å²) in [5, 5.41) is 2.65. The highest BCUT2D eigenvalue weighted by molar-refractivity contribution is 9.10. The Balaban J connectivity index is 2.30. The van der Waals surface area contributed by atoms with Gasteiger partial charge in [0.2, 0.25) is 0 Å². The number of nitrogen functional groups attached to an aromatic ring is 1. The zero-order chi connectivity index (χ0) is 15.6. The Morgan fingerprint density at radius 2 is 1.86 bits per heavy atom. The maximum atomic E-state index is 12.2. The summed E-state index contributed by atoms with van der Waals surface area (Å²) in [5.74, 6) is -0.375. The molecule has 0 aromatic heterocycles. The molecule has 0 heterocycles. The normalized spacial score (nSPS) is 11.1.